The van der Waals surface area contributed by atoms with Gasteiger partial charge in [-0.05, 0) is 48.0 Å². The van der Waals surface area contributed by atoms with Crippen LogP contribution in [0.2, 0.25) is 5.02 Å². The molecule has 1 saturated heterocycles. The van der Waals surface area contributed by atoms with Crippen LogP contribution in [0.3, 0.4) is 0 Å². The van der Waals surface area contributed by atoms with E-state index in [1.807, 2.05) is 38.1 Å². The van der Waals surface area contributed by atoms with Gasteiger partial charge in [-0.2, -0.15) is 0 Å². The SMILES string of the molecule is CC(C)COC(=O)CN1C(=O)S/C(=C/c2cc(Br)ccc2OCc2ccccc2Cl)C1=O. The summed E-state index contributed by atoms with van der Waals surface area (Å²) in [5, 5.41) is 0.0768. The van der Waals surface area contributed by atoms with Crippen LogP contribution in [0.1, 0.15) is 25.0 Å². The average Bonchev–Trinajstić information content (AvgIpc) is 3.00. The Labute approximate surface area is 204 Å². The first kappa shape index (κ1) is 24.4. The molecule has 1 heterocycles. The number of esters is 1. The van der Waals surface area contributed by atoms with Gasteiger partial charge in [0.05, 0.1) is 11.5 Å². The summed E-state index contributed by atoms with van der Waals surface area (Å²) in [4.78, 5) is 38.1. The molecule has 3 rings (SSSR count). The number of ether oxygens (including phenoxy) is 2. The number of carbonyl (C=O) groups excluding carboxylic acids is 3. The van der Waals surface area contributed by atoms with Gasteiger partial charge in [-0.1, -0.05) is 59.6 Å². The van der Waals surface area contributed by atoms with E-state index in [9.17, 15) is 14.4 Å². The second kappa shape index (κ2) is 11.0. The topological polar surface area (TPSA) is 72.9 Å². The molecule has 2 aromatic carbocycles. The van der Waals surface area contributed by atoms with E-state index in [-0.39, 0.29) is 24.0 Å². The molecule has 2 aromatic rings. The number of imide groups is 1. The Kier molecular flexibility index (Phi) is 8.39. The van der Waals surface area contributed by atoms with Gasteiger partial charge in [-0.25, -0.2) is 0 Å². The van der Waals surface area contributed by atoms with Crippen LogP contribution in [0.25, 0.3) is 6.08 Å². The largest absolute Gasteiger partial charge is 0.488 e. The summed E-state index contributed by atoms with van der Waals surface area (Å²) in [6.45, 7) is 3.86. The smallest absolute Gasteiger partial charge is 0.326 e. The van der Waals surface area contributed by atoms with Crippen molar-refractivity contribution in [1.29, 1.82) is 0 Å². The summed E-state index contributed by atoms with van der Waals surface area (Å²) in [7, 11) is 0. The molecule has 0 saturated carbocycles. The number of nitrogens with zero attached hydrogens (tertiary/aromatic N) is 1. The molecular formula is C23H21BrClNO5S. The monoisotopic (exact) mass is 537 g/mol. The fourth-order valence-electron chi connectivity index (χ4n) is 2.75. The molecule has 0 bridgehead atoms. The summed E-state index contributed by atoms with van der Waals surface area (Å²) >= 11 is 10.4. The summed E-state index contributed by atoms with van der Waals surface area (Å²) in [6, 6.07) is 12.7. The van der Waals surface area contributed by atoms with Crippen LogP contribution in [-0.2, 0) is 20.9 Å². The molecule has 0 N–H and O–H groups in total. The normalized spacial score (nSPS) is 15.0. The molecule has 0 aromatic heterocycles. The predicted molar refractivity (Wildman–Crippen MR) is 128 cm³/mol. The van der Waals surface area contributed by atoms with Gasteiger partial charge in [0, 0.05) is 20.6 Å². The number of hydrogen-bond acceptors (Lipinski definition) is 6. The van der Waals surface area contributed by atoms with Gasteiger partial charge in [0.15, 0.2) is 0 Å². The highest BCUT2D eigenvalue weighted by Crippen LogP contribution is 2.35. The standard InChI is InChI=1S/C23H21BrClNO5S/c1-14(2)12-31-21(27)11-26-22(28)20(32-23(26)29)10-16-9-17(24)7-8-19(16)30-13-15-5-3-4-6-18(15)25/h3-10,14H,11-13H2,1-2H3/b20-10+. The van der Waals surface area contributed by atoms with E-state index in [1.165, 1.54) is 0 Å². The third-order valence-electron chi connectivity index (χ3n) is 4.34. The van der Waals surface area contributed by atoms with Crippen LogP contribution in [0, 0.1) is 5.92 Å². The van der Waals surface area contributed by atoms with E-state index >= 15 is 0 Å². The first-order valence-corrected chi connectivity index (χ1v) is 11.8. The molecule has 0 radical (unpaired) electrons. The maximum Gasteiger partial charge on any atom is 0.326 e. The first-order valence-electron chi connectivity index (χ1n) is 9.81. The Morgan fingerprint density at radius 1 is 1.22 bits per heavy atom. The minimum Gasteiger partial charge on any atom is -0.488 e. The average molecular weight is 539 g/mol. The van der Waals surface area contributed by atoms with Gasteiger partial charge in [-0.3, -0.25) is 19.3 Å². The molecule has 0 unspecified atom stereocenters. The number of carbonyl (C=O) groups is 3. The van der Waals surface area contributed by atoms with Gasteiger partial charge in [0.1, 0.15) is 18.9 Å². The van der Waals surface area contributed by atoms with Gasteiger partial charge in [0.2, 0.25) is 0 Å². The van der Waals surface area contributed by atoms with Crippen molar-refractivity contribution in [1.82, 2.24) is 4.90 Å². The molecule has 2 amide bonds. The molecule has 1 aliphatic rings. The van der Waals surface area contributed by atoms with Crippen molar-refractivity contribution in [2.24, 2.45) is 5.92 Å². The number of rotatable bonds is 8. The second-order valence-corrected chi connectivity index (χ2v) is 9.72. The highest BCUT2D eigenvalue weighted by molar-refractivity contribution is 9.10. The van der Waals surface area contributed by atoms with Crippen molar-refractivity contribution in [3.05, 3.63) is 68.0 Å². The highest BCUT2D eigenvalue weighted by Gasteiger charge is 2.36. The quantitative estimate of drug-likeness (QED) is 0.307. The minimum absolute atomic E-state index is 0.162. The molecule has 1 fully saturated rings. The van der Waals surface area contributed by atoms with E-state index < -0.39 is 23.7 Å². The molecule has 9 heteroatoms. The van der Waals surface area contributed by atoms with Crippen molar-refractivity contribution in [3.8, 4) is 5.75 Å². The summed E-state index contributed by atoms with van der Waals surface area (Å²) in [6.07, 6.45) is 1.58. The van der Waals surface area contributed by atoms with Crippen molar-refractivity contribution in [3.63, 3.8) is 0 Å². The lowest BCUT2D eigenvalue weighted by molar-refractivity contribution is -0.147. The molecular weight excluding hydrogens is 518 g/mol. The van der Waals surface area contributed by atoms with Crippen LogP contribution >= 0.6 is 39.3 Å². The zero-order valence-electron chi connectivity index (χ0n) is 17.5. The van der Waals surface area contributed by atoms with Crippen LogP contribution in [-0.4, -0.2) is 35.2 Å². The summed E-state index contributed by atoms with van der Waals surface area (Å²) < 4.78 is 11.8. The lowest BCUT2D eigenvalue weighted by Gasteiger charge is -2.13. The molecule has 0 aliphatic carbocycles. The van der Waals surface area contributed by atoms with E-state index in [2.05, 4.69) is 15.9 Å². The first-order chi connectivity index (χ1) is 15.2. The van der Waals surface area contributed by atoms with Crippen LogP contribution < -0.4 is 4.74 Å². The molecule has 6 nitrogen and oxygen atoms in total. The van der Waals surface area contributed by atoms with E-state index in [1.54, 1.807) is 24.3 Å². The van der Waals surface area contributed by atoms with Gasteiger partial charge < -0.3 is 9.47 Å². The number of benzene rings is 2. The zero-order valence-corrected chi connectivity index (χ0v) is 20.6. The Morgan fingerprint density at radius 2 is 1.97 bits per heavy atom. The lowest BCUT2D eigenvalue weighted by Crippen LogP contribution is -2.34. The Balaban J connectivity index is 1.76. The van der Waals surface area contributed by atoms with Crippen LogP contribution in [0.15, 0.2) is 51.8 Å². The number of hydrogen-bond donors (Lipinski definition) is 0. The fourth-order valence-corrected chi connectivity index (χ4v) is 4.14. The summed E-state index contributed by atoms with van der Waals surface area (Å²) in [5.41, 5.74) is 1.43. The molecule has 168 valence electrons. The Morgan fingerprint density at radius 3 is 2.69 bits per heavy atom. The van der Waals surface area contributed by atoms with E-state index in [4.69, 9.17) is 21.1 Å². The third-order valence-corrected chi connectivity index (χ3v) is 6.11. The maximum atomic E-state index is 12.8. The van der Waals surface area contributed by atoms with E-state index in [0.717, 1.165) is 26.7 Å². The number of amides is 2. The second-order valence-electron chi connectivity index (χ2n) is 7.41. The Bertz CT molecular complexity index is 1070. The third kappa shape index (κ3) is 6.37. The zero-order chi connectivity index (χ0) is 23.3. The van der Waals surface area contributed by atoms with E-state index in [0.29, 0.717) is 16.3 Å². The molecule has 0 atom stereocenters. The van der Waals surface area contributed by atoms with Crippen molar-refractivity contribution < 1.29 is 23.9 Å². The Hall–Kier alpha value is -2.29. The molecule has 32 heavy (non-hydrogen) atoms. The maximum absolute atomic E-state index is 12.8. The molecule has 1 aliphatic heterocycles. The van der Waals surface area contributed by atoms with Crippen LogP contribution in [0.4, 0.5) is 4.79 Å². The van der Waals surface area contributed by atoms with Crippen molar-refractivity contribution >= 4 is 62.5 Å². The lowest BCUT2D eigenvalue weighted by atomic mass is 10.1. The van der Waals surface area contributed by atoms with Gasteiger partial charge in [0.25, 0.3) is 11.1 Å². The van der Waals surface area contributed by atoms with Gasteiger partial charge in [-0.15, -0.1) is 0 Å². The summed E-state index contributed by atoms with van der Waals surface area (Å²) in [5.74, 6) is -0.474. The highest BCUT2D eigenvalue weighted by atomic mass is 79.9. The fraction of sp³-hybridized carbons (Fsp3) is 0.261. The van der Waals surface area contributed by atoms with Crippen LogP contribution in [0.5, 0.6) is 5.75 Å². The minimum atomic E-state index is -0.617. The van der Waals surface area contributed by atoms with Crippen molar-refractivity contribution in [2.45, 2.75) is 20.5 Å². The number of halogens is 2. The van der Waals surface area contributed by atoms with Crippen molar-refractivity contribution in [2.75, 3.05) is 13.2 Å². The van der Waals surface area contributed by atoms with Gasteiger partial charge >= 0.3 is 5.97 Å². The predicted octanol–water partition coefficient (Wildman–Crippen LogP) is 5.92. The number of thioether (sulfide) groups is 1. The molecule has 0 spiro atoms.